The molecule has 76 valence electrons. The highest BCUT2D eigenvalue weighted by atomic mass is 32.2. The molecule has 0 radical (unpaired) electrons. The van der Waals surface area contributed by atoms with E-state index in [1.165, 1.54) is 0 Å². The van der Waals surface area contributed by atoms with E-state index in [0.29, 0.717) is 0 Å². The van der Waals surface area contributed by atoms with Gasteiger partial charge in [0.05, 0.1) is 0 Å². The monoisotopic (exact) mass is 214 g/mol. The second-order valence-electron chi connectivity index (χ2n) is 3.03. The van der Waals surface area contributed by atoms with Gasteiger partial charge in [-0.15, -0.1) is 0 Å². The van der Waals surface area contributed by atoms with E-state index in [1.807, 2.05) is 11.8 Å². The Kier molecular flexibility index (Phi) is 2.58. The van der Waals surface area contributed by atoms with Crippen molar-refractivity contribution < 1.29 is 9.42 Å². The molecule has 1 aliphatic heterocycles. The number of aromatic nitrogens is 2. The number of hydrogen-bond acceptors (Lipinski definition) is 6. The van der Waals surface area contributed by atoms with Gasteiger partial charge in [-0.1, -0.05) is 0 Å². The molecule has 2 heterocycles. The normalized spacial score (nSPS) is 21.0. The van der Waals surface area contributed by atoms with Crippen LogP contribution < -0.4 is 11.1 Å². The van der Waals surface area contributed by atoms with Crippen molar-refractivity contribution >= 4 is 23.5 Å². The van der Waals surface area contributed by atoms with Gasteiger partial charge >= 0.3 is 0 Å². The maximum atomic E-state index is 11.5. The minimum atomic E-state index is -0.309. The van der Waals surface area contributed by atoms with Crippen LogP contribution in [0.1, 0.15) is 16.9 Å². The minimum absolute atomic E-state index is 0.0353. The van der Waals surface area contributed by atoms with Crippen LogP contribution in [0.5, 0.6) is 0 Å². The molecule has 1 aromatic rings. The SMILES string of the molecule is Nc1nonc1C(=O)NC1CCSC1. The summed E-state index contributed by atoms with van der Waals surface area (Å²) in [5.74, 6) is 1.75. The summed E-state index contributed by atoms with van der Waals surface area (Å²) in [7, 11) is 0. The maximum absolute atomic E-state index is 11.5. The molecule has 1 aliphatic rings. The molecule has 3 N–H and O–H groups in total. The molecule has 1 fully saturated rings. The summed E-state index contributed by atoms with van der Waals surface area (Å²) in [5.41, 5.74) is 5.45. The summed E-state index contributed by atoms with van der Waals surface area (Å²) < 4.78 is 4.34. The van der Waals surface area contributed by atoms with Gasteiger partial charge in [-0.05, 0) is 22.5 Å². The number of carbonyl (C=O) groups excluding carboxylic acids is 1. The van der Waals surface area contributed by atoms with Crippen molar-refractivity contribution in [3.05, 3.63) is 5.69 Å². The average Bonchev–Trinajstić information content (AvgIpc) is 2.75. The maximum Gasteiger partial charge on any atom is 0.277 e. The molecule has 7 heteroatoms. The number of nitrogens with two attached hydrogens (primary N) is 1. The zero-order valence-corrected chi connectivity index (χ0v) is 8.21. The van der Waals surface area contributed by atoms with E-state index in [1.54, 1.807) is 0 Å². The number of hydrogen-bond donors (Lipinski definition) is 2. The van der Waals surface area contributed by atoms with E-state index in [9.17, 15) is 4.79 Å². The molecule has 1 saturated heterocycles. The summed E-state index contributed by atoms with van der Waals surface area (Å²) in [6.45, 7) is 0. The average molecular weight is 214 g/mol. The van der Waals surface area contributed by atoms with Gasteiger partial charge in [-0.2, -0.15) is 11.8 Å². The van der Waals surface area contributed by atoms with Gasteiger partial charge in [0.2, 0.25) is 11.5 Å². The second-order valence-corrected chi connectivity index (χ2v) is 4.18. The Labute approximate surface area is 84.6 Å². The number of nitrogens with zero attached hydrogens (tertiary/aromatic N) is 2. The lowest BCUT2D eigenvalue weighted by Gasteiger charge is -2.08. The van der Waals surface area contributed by atoms with Crippen molar-refractivity contribution in [2.24, 2.45) is 0 Å². The zero-order valence-electron chi connectivity index (χ0n) is 7.40. The van der Waals surface area contributed by atoms with Crippen LogP contribution in [0.4, 0.5) is 5.82 Å². The summed E-state index contributed by atoms with van der Waals surface area (Å²) in [6.07, 6.45) is 0.988. The van der Waals surface area contributed by atoms with Crippen molar-refractivity contribution in [1.29, 1.82) is 0 Å². The number of nitrogens with one attached hydrogen (secondary N) is 1. The van der Waals surface area contributed by atoms with Crippen LogP contribution in [0.3, 0.4) is 0 Å². The third kappa shape index (κ3) is 1.82. The number of amides is 1. The first-order valence-corrected chi connectivity index (χ1v) is 5.39. The first-order chi connectivity index (χ1) is 6.77. The molecule has 1 amide bonds. The Morgan fingerprint density at radius 2 is 2.50 bits per heavy atom. The third-order valence-electron chi connectivity index (χ3n) is 1.99. The van der Waals surface area contributed by atoms with Gasteiger partial charge in [0.15, 0.2) is 0 Å². The van der Waals surface area contributed by atoms with Crippen LogP contribution in [0.15, 0.2) is 4.63 Å². The number of nitrogen functional groups attached to an aromatic ring is 1. The Hall–Kier alpha value is -1.24. The van der Waals surface area contributed by atoms with E-state index >= 15 is 0 Å². The minimum Gasteiger partial charge on any atom is -0.379 e. The molecule has 14 heavy (non-hydrogen) atoms. The molecule has 0 aromatic carbocycles. The first-order valence-electron chi connectivity index (χ1n) is 4.24. The number of rotatable bonds is 2. The van der Waals surface area contributed by atoms with Gasteiger partial charge in [-0.25, -0.2) is 4.63 Å². The quantitative estimate of drug-likeness (QED) is 0.713. The third-order valence-corrected chi connectivity index (χ3v) is 3.16. The Morgan fingerprint density at radius 3 is 3.07 bits per heavy atom. The molecule has 6 nitrogen and oxygen atoms in total. The van der Waals surface area contributed by atoms with E-state index < -0.39 is 0 Å². The first kappa shape index (κ1) is 9.32. The van der Waals surface area contributed by atoms with Crippen LogP contribution in [0.25, 0.3) is 0 Å². The lowest BCUT2D eigenvalue weighted by molar-refractivity contribution is 0.0932. The predicted octanol–water partition coefficient (Wildman–Crippen LogP) is -0.113. The molecular formula is C7H10N4O2S. The van der Waals surface area contributed by atoms with Crippen molar-refractivity contribution in [3.8, 4) is 0 Å². The van der Waals surface area contributed by atoms with Crippen molar-refractivity contribution in [2.75, 3.05) is 17.2 Å². The highest BCUT2D eigenvalue weighted by Gasteiger charge is 2.22. The smallest absolute Gasteiger partial charge is 0.277 e. The molecule has 1 unspecified atom stereocenters. The molecule has 1 atom stereocenters. The lowest BCUT2D eigenvalue weighted by atomic mass is 10.2. The van der Waals surface area contributed by atoms with Gasteiger partial charge in [-0.3, -0.25) is 4.79 Å². The van der Waals surface area contributed by atoms with Gasteiger partial charge in [0.25, 0.3) is 5.91 Å². The number of anilines is 1. The molecule has 0 spiro atoms. The Morgan fingerprint density at radius 1 is 1.64 bits per heavy atom. The molecule has 2 rings (SSSR count). The van der Waals surface area contributed by atoms with Gasteiger partial charge in [0, 0.05) is 11.8 Å². The lowest BCUT2D eigenvalue weighted by Crippen LogP contribution is -2.35. The summed E-state index contributed by atoms with van der Waals surface area (Å²) in [5, 5.41) is 9.59. The molecular weight excluding hydrogens is 204 g/mol. The van der Waals surface area contributed by atoms with Crippen LogP contribution in [-0.2, 0) is 0 Å². The highest BCUT2D eigenvalue weighted by Crippen LogP contribution is 2.17. The fourth-order valence-electron chi connectivity index (χ4n) is 1.26. The Balaban J connectivity index is 1.98. The van der Waals surface area contributed by atoms with E-state index in [-0.39, 0.29) is 23.5 Å². The van der Waals surface area contributed by atoms with Crippen LogP contribution >= 0.6 is 11.8 Å². The summed E-state index contributed by atoms with van der Waals surface area (Å²) >= 11 is 1.82. The van der Waals surface area contributed by atoms with Crippen LogP contribution in [0, 0.1) is 0 Å². The fourth-order valence-corrected chi connectivity index (χ4v) is 2.41. The molecule has 0 bridgehead atoms. The highest BCUT2D eigenvalue weighted by molar-refractivity contribution is 7.99. The predicted molar refractivity (Wildman–Crippen MR) is 51.9 cm³/mol. The number of thioether (sulfide) groups is 1. The van der Waals surface area contributed by atoms with Crippen LogP contribution in [0.2, 0.25) is 0 Å². The van der Waals surface area contributed by atoms with Crippen molar-refractivity contribution in [2.45, 2.75) is 12.5 Å². The summed E-state index contributed by atoms with van der Waals surface area (Å²) in [4.78, 5) is 11.5. The second kappa shape index (κ2) is 3.87. The van der Waals surface area contributed by atoms with E-state index in [2.05, 4.69) is 20.3 Å². The molecule has 1 aromatic heterocycles. The summed E-state index contributed by atoms with van der Waals surface area (Å²) in [6, 6.07) is 0.212. The van der Waals surface area contributed by atoms with Crippen molar-refractivity contribution in [3.63, 3.8) is 0 Å². The topological polar surface area (TPSA) is 94.0 Å². The van der Waals surface area contributed by atoms with Gasteiger partial charge < -0.3 is 11.1 Å². The number of carbonyl (C=O) groups is 1. The Bertz CT molecular complexity index is 334. The van der Waals surface area contributed by atoms with Crippen LogP contribution in [-0.4, -0.2) is 33.8 Å². The molecule has 0 saturated carbocycles. The van der Waals surface area contributed by atoms with E-state index in [4.69, 9.17) is 5.73 Å². The fraction of sp³-hybridized carbons (Fsp3) is 0.571. The standard InChI is InChI=1S/C7H10N4O2S/c8-6-5(10-13-11-6)7(12)9-4-1-2-14-3-4/h4H,1-3H2,(H2,8,11)(H,9,12). The van der Waals surface area contributed by atoms with E-state index in [0.717, 1.165) is 17.9 Å². The zero-order chi connectivity index (χ0) is 9.97. The van der Waals surface area contributed by atoms with Crippen molar-refractivity contribution in [1.82, 2.24) is 15.6 Å². The largest absolute Gasteiger partial charge is 0.379 e. The molecule has 0 aliphatic carbocycles. The van der Waals surface area contributed by atoms with Gasteiger partial charge in [0.1, 0.15) is 0 Å².